The van der Waals surface area contributed by atoms with Crippen molar-refractivity contribution in [1.29, 1.82) is 0 Å². The summed E-state index contributed by atoms with van der Waals surface area (Å²) in [5, 5.41) is 5.56. The number of alkyl halides is 4. The van der Waals surface area contributed by atoms with E-state index in [4.69, 9.17) is 4.42 Å². The number of hydrogen-bond acceptors (Lipinski definition) is 5. The van der Waals surface area contributed by atoms with Gasteiger partial charge >= 0.3 is 6.61 Å². The molecule has 3 aromatic rings. The largest absolute Gasteiger partial charge is 0.464 e. The zero-order valence-corrected chi connectivity index (χ0v) is 17.5. The van der Waals surface area contributed by atoms with Gasteiger partial charge in [-0.2, -0.15) is 18.9 Å². The summed E-state index contributed by atoms with van der Waals surface area (Å²) in [7, 11) is 0. The first-order chi connectivity index (χ1) is 15.5. The van der Waals surface area contributed by atoms with Crippen LogP contribution >= 0.6 is 0 Å². The Bertz CT molecular complexity index is 1250. The normalized spacial score (nSPS) is 16.6. The molecule has 1 amide bonds. The molecule has 6 nitrogen and oxygen atoms in total. The Morgan fingerprint density at radius 2 is 1.91 bits per heavy atom. The molecule has 1 aliphatic heterocycles. The number of hydrazone groups is 1. The Balaban J connectivity index is 1.57. The van der Waals surface area contributed by atoms with E-state index in [-0.39, 0.29) is 34.7 Å². The summed E-state index contributed by atoms with van der Waals surface area (Å²) in [6, 6.07) is 9.24. The molecule has 0 radical (unpaired) electrons. The molecule has 0 N–H and O–H groups in total. The van der Waals surface area contributed by atoms with E-state index in [1.54, 1.807) is 0 Å². The van der Waals surface area contributed by atoms with Gasteiger partial charge in [0.25, 0.3) is 11.8 Å². The fourth-order valence-electron chi connectivity index (χ4n) is 3.72. The third-order valence-corrected chi connectivity index (χ3v) is 5.26. The van der Waals surface area contributed by atoms with Gasteiger partial charge in [0, 0.05) is 29.9 Å². The zero-order chi connectivity index (χ0) is 23.9. The molecule has 0 spiro atoms. The second-order valence-corrected chi connectivity index (χ2v) is 7.70. The minimum atomic E-state index is -3.12. The summed E-state index contributed by atoms with van der Waals surface area (Å²) >= 11 is 0. The third-order valence-electron chi connectivity index (χ3n) is 5.26. The molecule has 2 aromatic carbocycles. The van der Waals surface area contributed by atoms with Crippen molar-refractivity contribution >= 4 is 34.1 Å². The number of Topliss-reactive ketones (excluding diaryl/α,β-unsaturated/α-hetero) is 1. The van der Waals surface area contributed by atoms with Crippen LogP contribution in [0.25, 0.3) is 11.0 Å². The Morgan fingerprint density at radius 1 is 1.21 bits per heavy atom. The number of halogens is 4. The third kappa shape index (κ3) is 4.46. The van der Waals surface area contributed by atoms with Crippen LogP contribution < -0.4 is 9.75 Å². The molecule has 0 saturated carbocycles. The number of nitrogens with zero attached hydrogens (tertiary/aromatic N) is 2. The van der Waals surface area contributed by atoms with E-state index < -0.39 is 30.1 Å². The number of benzene rings is 2. The average molecular weight is 462 g/mol. The first-order valence-corrected chi connectivity index (χ1v) is 9.89. The van der Waals surface area contributed by atoms with Gasteiger partial charge in [-0.05, 0) is 49.4 Å². The van der Waals surface area contributed by atoms with Crippen LogP contribution in [0.4, 0.5) is 23.2 Å². The van der Waals surface area contributed by atoms with Crippen LogP contribution in [0.15, 0.2) is 58.2 Å². The zero-order valence-electron chi connectivity index (χ0n) is 17.5. The number of carbonyl (C=O) groups is 2. The molecule has 1 unspecified atom stereocenters. The molecule has 0 aliphatic carbocycles. The number of hydrogen-bond donors (Lipinski definition) is 0. The van der Waals surface area contributed by atoms with Gasteiger partial charge in [-0.1, -0.05) is 0 Å². The van der Waals surface area contributed by atoms with Gasteiger partial charge in [-0.25, -0.2) is 8.78 Å². The number of ether oxygens (including phenoxy) is 1. The highest BCUT2D eigenvalue weighted by molar-refractivity contribution is 6.27. The van der Waals surface area contributed by atoms with Gasteiger partial charge in [0.15, 0.2) is 5.78 Å². The summed E-state index contributed by atoms with van der Waals surface area (Å²) in [4.78, 5) is 26.0. The summed E-state index contributed by atoms with van der Waals surface area (Å²) < 4.78 is 62.2. The van der Waals surface area contributed by atoms with Crippen LogP contribution in [-0.4, -0.2) is 24.0 Å². The number of rotatable bonds is 7. The maximum absolute atomic E-state index is 13.9. The minimum Gasteiger partial charge on any atom is -0.464 e. The van der Waals surface area contributed by atoms with Crippen molar-refractivity contribution < 1.29 is 36.3 Å². The Labute approximate surface area is 185 Å². The summed E-state index contributed by atoms with van der Waals surface area (Å²) in [6.45, 7) is -0.723. The first-order valence-electron chi connectivity index (χ1n) is 9.89. The van der Waals surface area contributed by atoms with Gasteiger partial charge in [-0.3, -0.25) is 9.59 Å². The molecule has 10 heteroatoms. The molecule has 4 rings (SSSR count). The van der Waals surface area contributed by atoms with Gasteiger partial charge < -0.3 is 9.15 Å². The molecule has 2 heterocycles. The second-order valence-electron chi connectivity index (χ2n) is 7.70. The topological polar surface area (TPSA) is 72.1 Å². The number of amides is 1. The highest BCUT2D eigenvalue weighted by Crippen LogP contribution is 2.33. The van der Waals surface area contributed by atoms with Crippen LogP contribution in [0.1, 0.15) is 25.0 Å². The molecule has 0 fully saturated rings. The van der Waals surface area contributed by atoms with E-state index >= 15 is 0 Å². The maximum Gasteiger partial charge on any atom is 0.387 e. The monoisotopic (exact) mass is 462 g/mol. The van der Waals surface area contributed by atoms with E-state index in [0.717, 1.165) is 11.9 Å². The van der Waals surface area contributed by atoms with E-state index in [1.165, 1.54) is 55.7 Å². The lowest BCUT2D eigenvalue weighted by atomic mass is 9.92. The van der Waals surface area contributed by atoms with Crippen molar-refractivity contribution in [3.05, 3.63) is 59.9 Å². The average Bonchev–Trinajstić information content (AvgIpc) is 3.31. The minimum absolute atomic E-state index is 0.0937. The highest BCUT2D eigenvalue weighted by atomic mass is 19.3. The van der Waals surface area contributed by atoms with E-state index in [9.17, 15) is 27.2 Å². The second kappa shape index (κ2) is 8.34. The fraction of sp³-hybridized carbons (Fsp3) is 0.261. The van der Waals surface area contributed by atoms with Crippen molar-refractivity contribution in [2.24, 2.45) is 11.0 Å². The maximum atomic E-state index is 13.9. The van der Waals surface area contributed by atoms with Crippen LogP contribution in [-0.2, 0) is 21.9 Å². The summed E-state index contributed by atoms with van der Waals surface area (Å²) in [6.07, 6.45) is 1.03. The number of fused-ring (bicyclic) bond motifs is 1. The molecular weight excluding hydrogens is 444 g/mol. The number of ketones is 1. The van der Waals surface area contributed by atoms with Crippen molar-refractivity contribution in [2.75, 3.05) is 5.01 Å². The predicted octanol–water partition coefficient (Wildman–Crippen LogP) is 5.30. The van der Waals surface area contributed by atoms with Gasteiger partial charge in [0.1, 0.15) is 17.3 Å². The molecular formula is C23H18F4N2O4. The molecule has 1 aliphatic rings. The summed E-state index contributed by atoms with van der Waals surface area (Å²) in [5.74, 6) is -5.59. The Kier molecular flexibility index (Phi) is 5.69. The van der Waals surface area contributed by atoms with Crippen molar-refractivity contribution in [1.82, 2.24) is 0 Å². The predicted molar refractivity (Wildman–Crippen MR) is 112 cm³/mol. The van der Waals surface area contributed by atoms with Crippen LogP contribution in [0.3, 0.4) is 0 Å². The molecule has 1 aromatic heterocycles. The van der Waals surface area contributed by atoms with Crippen molar-refractivity contribution in [3.8, 4) is 5.75 Å². The van der Waals surface area contributed by atoms with E-state index in [1.807, 2.05) is 0 Å². The Hall–Kier alpha value is -3.69. The standard InChI is InChI=1S/C23H18F4N2O4/c1-12-19(21(31)29(28-12)16-3-5-17(6-4-16)33-22(24)25)18(30)11-14-10-15(23(2,26)27)9-13-7-8-32-20(13)14/h3-10,19,22H,11H2,1-2H3. The molecule has 0 bridgehead atoms. The van der Waals surface area contributed by atoms with E-state index in [0.29, 0.717) is 11.0 Å². The van der Waals surface area contributed by atoms with Crippen LogP contribution in [0.5, 0.6) is 5.75 Å². The number of anilines is 1. The van der Waals surface area contributed by atoms with Crippen molar-refractivity contribution in [2.45, 2.75) is 32.8 Å². The lowest BCUT2D eigenvalue weighted by Crippen LogP contribution is -2.33. The SMILES string of the molecule is CC1=NN(c2ccc(OC(F)F)cc2)C(=O)C1C(=O)Cc1cc(C(C)(F)F)cc2ccoc12. The highest BCUT2D eigenvalue weighted by Gasteiger charge is 2.40. The van der Waals surface area contributed by atoms with Gasteiger partial charge in [-0.15, -0.1) is 0 Å². The molecule has 172 valence electrons. The fourth-order valence-corrected chi connectivity index (χ4v) is 3.72. The van der Waals surface area contributed by atoms with Crippen LogP contribution in [0.2, 0.25) is 0 Å². The Morgan fingerprint density at radius 3 is 2.55 bits per heavy atom. The molecule has 1 atom stereocenters. The molecule has 0 saturated heterocycles. The smallest absolute Gasteiger partial charge is 0.387 e. The van der Waals surface area contributed by atoms with Crippen molar-refractivity contribution in [3.63, 3.8) is 0 Å². The quantitative estimate of drug-likeness (QED) is 0.353. The van der Waals surface area contributed by atoms with Crippen LogP contribution in [0, 0.1) is 5.92 Å². The first kappa shape index (κ1) is 22.5. The molecule has 33 heavy (non-hydrogen) atoms. The lowest BCUT2D eigenvalue weighted by Gasteiger charge is -2.15. The van der Waals surface area contributed by atoms with Gasteiger partial charge in [0.2, 0.25) is 0 Å². The lowest BCUT2D eigenvalue weighted by molar-refractivity contribution is -0.128. The van der Waals surface area contributed by atoms with Gasteiger partial charge in [0.05, 0.1) is 17.7 Å². The summed E-state index contributed by atoms with van der Waals surface area (Å²) in [5.41, 5.74) is 0.757. The van der Waals surface area contributed by atoms with E-state index in [2.05, 4.69) is 9.84 Å². The number of furan rings is 1. The number of carbonyl (C=O) groups excluding carboxylic acids is 2.